The number of fused-ring (bicyclic) bond motifs is 1. The van der Waals surface area contributed by atoms with E-state index < -0.39 is 12.0 Å². The molecule has 1 amide bonds. The van der Waals surface area contributed by atoms with Crippen LogP contribution in [-0.4, -0.2) is 42.0 Å². The van der Waals surface area contributed by atoms with Gasteiger partial charge in [-0.05, 0) is 36.0 Å². The highest BCUT2D eigenvalue weighted by Crippen LogP contribution is 2.53. The number of benzene rings is 1. The molecular formula is C21H21ClN2O4. The van der Waals surface area contributed by atoms with Crippen molar-refractivity contribution in [2.45, 2.75) is 12.5 Å². The number of Topliss-reactive ketones (excluding diaryl/α,β-unsaturated/α-hetero) is 1. The van der Waals surface area contributed by atoms with Crippen LogP contribution in [0.25, 0.3) is 0 Å². The van der Waals surface area contributed by atoms with Crippen molar-refractivity contribution in [2.75, 3.05) is 20.3 Å². The van der Waals surface area contributed by atoms with Gasteiger partial charge in [0.1, 0.15) is 11.8 Å². The van der Waals surface area contributed by atoms with Crippen molar-refractivity contribution in [1.29, 1.82) is 0 Å². The monoisotopic (exact) mass is 400 g/mol. The first-order valence-electron chi connectivity index (χ1n) is 9.27. The molecule has 1 aromatic carbocycles. The normalized spacial score (nSPS) is 23.8. The van der Waals surface area contributed by atoms with E-state index in [4.69, 9.17) is 16.3 Å². The van der Waals surface area contributed by atoms with Crippen molar-refractivity contribution < 1.29 is 19.4 Å². The van der Waals surface area contributed by atoms with Gasteiger partial charge in [0.25, 0.3) is 5.91 Å². The third kappa shape index (κ3) is 3.55. The molecule has 0 bridgehead atoms. The maximum atomic E-state index is 12.9. The number of hydrogen-bond acceptors (Lipinski definition) is 5. The van der Waals surface area contributed by atoms with Gasteiger partial charge in [0.15, 0.2) is 5.78 Å². The fourth-order valence-electron chi connectivity index (χ4n) is 3.95. The molecule has 2 aromatic rings. The van der Waals surface area contributed by atoms with E-state index in [1.807, 2.05) is 0 Å². The predicted octanol–water partition coefficient (Wildman–Crippen LogP) is 2.64. The fraction of sp³-hybridized carbons (Fsp3) is 0.381. The van der Waals surface area contributed by atoms with Crippen LogP contribution >= 0.6 is 11.6 Å². The molecule has 1 aromatic heterocycles. The quantitative estimate of drug-likeness (QED) is 0.728. The van der Waals surface area contributed by atoms with Gasteiger partial charge in [0, 0.05) is 29.6 Å². The van der Waals surface area contributed by atoms with E-state index >= 15 is 0 Å². The molecule has 1 aliphatic heterocycles. The summed E-state index contributed by atoms with van der Waals surface area (Å²) in [4.78, 5) is 29.3. The molecule has 1 aliphatic carbocycles. The van der Waals surface area contributed by atoms with Gasteiger partial charge in [-0.25, -0.2) is 4.98 Å². The Morgan fingerprint density at radius 2 is 2.00 bits per heavy atom. The topological polar surface area (TPSA) is 88.5 Å². The van der Waals surface area contributed by atoms with Crippen LogP contribution in [0.15, 0.2) is 36.4 Å². The van der Waals surface area contributed by atoms with Gasteiger partial charge in [-0.15, -0.1) is 0 Å². The smallest absolute Gasteiger partial charge is 0.269 e. The van der Waals surface area contributed by atoms with Gasteiger partial charge in [0.05, 0.1) is 18.9 Å². The Labute approximate surface area is 167 Å². The van der Waals surface area contributed by atoms with Gasteiger partial charge in [-0.3, -0.25) is 9.59 Å². The Kier molecular flexibility index (Phi) is 5.19. The molecule has 2 fully saturated rings. The second-order valence-corrected chi connectivity index (χ2v) is 7.73. The second-order valence-electron chi connectivity index (χ2n) is 7.33. The molecular weight excluding hydrogens is 380 g/mol. The number of hydrogen-bond donors (Lipinski definition) is 2. The number of amides is 1. The van der Waals surface area contributed by atoms with Crippen LogP contribution in [0.1, 0.15) is 44.6 Å². The first-order chi connectivity index (χ1) is 13.5. The average molecular weight is 401 g/mol. The molecule has 6 nitrogen and oxygen atoms in total. The van der Waals surface area contributed by atoms with Gasteiger partial charge in [-0.1, -0.05) is 29.8 Å². The Hall–Kier alpha value is -2.28. The van der Waals surface area contributed by atoms with Gasteiger partial charge in [0.2, 0.25) is 0 Å². The Balaban J connectivity index is 1.64. The number of ether oxygens (including phenoxy) is 1. The van der Waals surface area contributed by atoms with E-state index in [1.165, 1.54) is 13.1 Å². The summed E-state index contributed by atoms with van der Waals surface area (Å²) >= 11 is 6.19. The minimum Gasteiger partial charge on any atom is -0.382 e. The summed E-state index contributed by atoms with van der Waals surface area (Å²) in [6.45, 7) is 1.44. The van der Waals surface area contributed by atoms with Crippen molar-refractivity contribution in [2.24, 2.45) is 17.8 Å². The minimum atomic E-state index is -1.14. The van der Waals surface area contributed by atoms with Crippen LogP contribution in [0.5, 0.6) is 0 Å². The molecule has 0 radical (unpaired) electrons. The highest BCUT2D eigenvalue weighted by atomic mass is 35.5. The number of nitrogens with one attached hydrogen (secondary N) is 1. The zero-order chi connectivity index (χ0) is 19.8. The Bertz CT molecular complexity index is 922. The van der Waals surface area contributed by atoms with E-state index in [0.717, 1.165) is 13.2 Å². The van der Waals surface area contributed by atoms with Crippen LogP contribution in [-0.2, 0) is 4.74 Å². The molecule has 7 heteroatoms. The van der Waals surface area contributed by atoms with E-state index in [-0.39, 0.29) is 17.2 Å². The van der Waals surface area contributed by atoms with Crippen molar-refractivity contribution >= 4 is 23.3 Å². The molecule has 2 unspecified atom stereocenters. The standard InChI is InChI=1S/C21H21ClN2O4/c1-23-21(27)18-7-11(19(25)8-13-14-9-28-10-15(13)14)6-17(24-18)20(26)12-4-2-3-5-16(12)22/h2-7,13-15,20,26H,8-10H2,1H3,(H,23,27)/t13?,14-,15+,20?. The summed E-state index contributed by atoms with van der Waals surface area (Å²) in [6, 6.07) is 9.91. The lowest BCUT2D eigenvalue weighted by Crippen LogP contribution is -2.21. The molecule has 4 atom stereocenters. The first kappa shape index (κ1) is 19.1. The molecule has 1 saturated heterocycles. The molecule has 4 rings (SSSR count). The maximum absolute atomic E-state index is 12.9. The molecule has 1 saturated carbocycles. The van der Waals surface area contributed by atoms with E-state index in [0.29, 0.717) is 40.3 Å². The Morgan fingerprint density at radius 1 is 1.29 bits per heavy atom. The minimum absolute atomic E-state index is 0.0560. The third-order valence-electron chi connectivity index (χ3n) is 5.66. The number of carbonyl (C=O) groups excluding carboxylic acids is 2. The number of halogens is 1. The molecule has 2 aliphatic rings. The third-order valence-corrected chi connectivity index (χ3v) is 6.00. The lowest BCUT2D eigenvalue weighted by Gasteiger charge is -2.15. The van der Waals surface area contributed by atoms with Gasteiger partial charge < -0.3 is 15.2 Å². The van der Waals surface area contributed by atoms with E-state index in [1.54, 1.807) is 30.3 Å². The van der Waals surface area contributed by atoms with E-state index in [9.17, 15) is 14.7 Å². The largest absolute Gasteiger partial charge is 0.382 e. The molecule has 0 spiro atoms. The zero-order valence-electron chi connectivity index (χ0n) is 15.4. The predicted molar refractivity (Wildman–Crippen MR) is 103 cm³/mol. The summed E-state index contributed by atoms with van der Waals surface area (Å²) < 4.78 is 5.38. The molecule has 146 valence electrons. The van der Waals surface area contributed by atoms with Crippen molar-refractivity contribution in [1.82, 2.24) is 10.3 Å². The van der Waals surface area contributed by atoms with Crippen LogP contribution in [0.2, 0.25) is 5.02 Å². The number of aromatic nitrogens is 1. The van der Waals surface area contributed by atoms with Crippen molar-refractivity contribution in [3.05, 3.63) is 63.9 Å². The number of aliphatic hydroxyl groups excluding tert-OH is 1. The average Bonchev–Trinajstić information content (AvgIpc) is 3.13. The molecule has 2 heterocycles. The first-order valence-corrected chi connectivity index (χ1v) is 9.65. The Morgan fingerprint density at radius 3 is 2.68 bits per heavy atom. The van der Waals surface area contributed by atoms with Crippen LogP contribution < -0.4 is 5.32 Å². The molecule has 28 heavy (non-hydrogen) atoms. The maximum Gasteiger partial charge on any atom is 0.269 e. The summed E-state index contributed by atoms with van der Waals surface area (Å²) in [5.74, 6) is 0.808. The highest BCUT2D eigenvalue weighted by Gasteiger charge is 2.54. The number of rotatable bonds is 6. The summed E-state index contributed by atoms with van der Waals surface area (Å²) in [6.07, 6.45) is -0.726. The summed E-state index contributed by atoms with van der Waals surface area (Å²) in [5.41, 5.74) is 1.16. The highest BCUT2D eigenvalue weighted by molar-refractivity contribution is 6.31. The summed E-state index contributed by atoms with van der Waals surface area (Å²) in [5, 5.41) is 13.7. The van der Waals surface area contributed by atoms with Gasteiger partial charge in [-0.2, -0.15) is 0 Å². The molecule has 2 N–H and O–H groups in total. The van der Waals surface area contributed by atoms with E-state index in [2.05, 4.69) is 10.3 Å². The number of ketones is 1. The summed E-state index contributed by atoms with van der Waals surface area (Å²) in [7, 11) is 1.49. The van der Waals surface area contributed by atoms with Crippen molar-refractivity contribution in [3.63, 3.8) is 0 Å². The van der Waals surface area contributed by atoms with Crippen LogP contribution in [0.4, 0.5) is 0 Å². The number of nitrogens with zero attached hydrogens (tertiary/aromatic N) is 1. The second kappa shape index (κ2) is 7.62. The SMILES string of the molecule is CNC(=O)c1cc(C(=O)CC2[C@H]3COC[C@@H]23)cc(C(O)c2ccccc2Cl)n1. The zero-order valence-corrected chi connectivity index (χ0v) is 16.1. The number of carbonyl (C=O) groups is 2. The van der Waals surface area contributed by atoms with Crippen LogP contribution in [0, 0.1) is 17.8 Å². The lowest BCUT2D eigenvalue weighted by atomic mass is 9.99. The lowest BCUT2D eigenvalue weighted by molar-refractivity contribution is 0.0950. The number of pyridine rings is 1. The van der Waals surface area contributed by atoms with Crippen molar-refractivity contribution in [3.8, 4) is 0 Å². The number of aliphatic hydroxyl groups is 1. The fourth-order valence-corrected chi connectivity index (χ4v) is 4.19. The van der Waals surface area contributed by atoms with Gasteiger partial charge >= 0.3 is 0 Å². The van der Waals surface area contributed by atoms with Crippen LogP contribution in [0.3, 0.4) is 0 Å².